The van der Waals surface area contributed by atoms with Crippen molar-refractivity contribution in [3.05, 3.63) is 91.5 Å². The van der Waals surface area contributed by atoms with E-state index in [0.29, 0.717) is 36.0 Å². The molecule has 1 aliphatic heterocycles. The Morgan fingerprint density at radius 3 is 2.42 bits per heavy atom. The number of anilines is 1. The van der Waals surface area contributed by atoms with Gasteiger partial charge < -0.3 is 9.47 Å². The van der Waals surface area contributed by atoms with E-state index in [2.05, 4.69) is 55.8 Å². The van der Waals surface area contributed by atoms with Gasteiger partial charge in [0.1, 0.15) is 6.61 Å². The summed E-state index contributed by atoms with van der Waals surface area (Å²) in [6.45, 7) is 4.69. The first-order chi connectivity index (χ1) is 16.0. The number of carbonyl (C=O) groups is 1. The fraction of sp³-hybridized carbons (Fsp3) is 0.154. The maximum Gasteiger partial charge on any atom is 0.280 e. The number of halogens is 2. The number of benzene rings is 3. The number of rotatable bonds is 7. The van der Waals surface area contributed by atoms with E-state index in [4.69, 9.17) is 9.47 Å². The van der Waals surface area contributed by atoms with E-state index in [0.717, 1.165) is 21.3 Å². The molecule has 1 aliphatic rings. The summed E-state index contributed by atoms with van der Waals surface area (Å²) >= 11 is 5.91. The van der Waals surface area contributed by atoms with Gasteiger partial charge in [-0.1, -0.05) is 46.3 Å². The molecule has 0 N–H and O–H groups in total. The van der Waals surface area contributed by atoms with E-state index in [1.54, 1.807) is 0 Å². The smallest absolute Gasteiger partial charge is 0.280 e. The molecule has 4 rings (SSSR count). The summed E-state index contributed by atoms with van der Waals surface area (Å²) in [5.74, 6) is 1.10. The molecule has 5 nitrogen and oxygen atoms in total. The molecule has 3 aromatic rings. The first-order valence-electron chi connectivity index (χ1n) is 10.5. The van der Waals surface area contributed by atoms with Crippen molar-refractivity contribution in [1.29, 1.82) is 0 Å². The normalized spacial score (nSPS) is 14.5. The quantitative estimate of drug-likeness (QED) is 0.216. The predicted octanol–water partition coefficient (Wildman–Crippen LogP) is 6.84. The monoisotopic (exact) mass is 616 g/mol. The molecule has 0 aromatic heterocycles. The van der Waals surface area contributed by atoms with Crippen LogP contribution >= 0.6 is 38.5 Å². The van der Waals surface area contributed by atoms with Crippen LogP contribution in [-0.2, 0) is 11.4 Å². The number of hydrazone groups is 1. The topological polar surface area (TPSA) is 51.1 Å². The van der Waals surface area contributed by atoms with Crippen LogP contribution in [0.2, 0.25) is 0 Å². The molecule has 7 heteroatoms. The highest BCUT2D eigenvalue weighted by Crippen LogP contribution is 2.36. The molecule has 1 heterocycles. The molecule has 33 heavy (non-hydrogen) atoms. The van der Waals surface area contributed by atoms with Crippen molar-refractivity contribution in [2.75, 3.05) is 11.6 Å². The van der Waals surface area contributed by atoms with Crippen molar-refractivity contribution in [2.24, 2.45) is 5.10 Å². The van der Waals surface area contributed by atoms with E-state index < -0.39 is 0 Å². The number of hydrogen-bond donors (Lipinski definition) is 0. The Morgan fingerprint density at radius 1 is 1.03 bits per heavy atom. The Hall–Kier alpha value is -2.65. The van der Waals surface area contributed by atoms with E-state index >= 15 is 0 Å². The molecule has 0 saturated carbocycles. The molecular weight excluding hydrogens is 595 g/mol. The largest absolute Gasteiger partial charge is 0.490 e. The average Bonchev–Trinajstić information content (AvgIpc) is 3.10. The predicted molar refractivity (Wildman–Crippen MR) is 144 cm³/mol. The van der Waals surface area contributed by atoms with Gasteiger partial charge in [-0.15, -0.1) is 0 Å². The van der Waals surface area contributed by atoms with E-state index in [-0.39, 0.29) is 5.91 Å². The van der Waals surface area contributed by atoms with Crippen molar-refractivity contribution < 1.29 is 14.3 Å². The number of hydrogen-bond acceptors (Lipinski definition) is 4. The van der Waals surface area contributed by atoms with Crippen LogP contribution in [0.5, 0.6) is 11.5 Å². The summed E-state index contributed by atoms with van der Waals surface area (Å²) in [5.41, 5.74) is 3.82. The van der Waals surface area contributed by atoms with E-state index in [9.17, 15) is 4.79 Å². The maximum absolute atomic E-state index is 13.1. The summed E-state index contributed by atoms with van der Waals surface area (Å²) in [6, 6.07) is 21.4. The van der Waals surface area contributed by atoms with Crippen molar-refractivity contribution in [2.45, 2.75) is 20.5 Å². The van der Waals surface area contributed by atoms with Crippen LogP contribution in [0.15, 0.2) is 81.9 Å². The minimum Gasteiger partial charge on any atom is -0.490 e. The second-order valence-electron chi connectivity index (χ2n) is 7.36. The maximum atomic E-state index is 13.1. The molecular formula is C26H22BrIN2O3. The van der Waals surface area contributed by atoms with Crippen LogP contribution in [0, 0.1) is 3.57 Å². The highest BCUT2D eigenvalue weighted by atomic mass is 127. The zero-order valence-corrected chi connectivity index (χ0v) is 22.0. The third-order valence-corrected chi connectivity index (χ3v) is 6.44. The minimum absolute atomic E-state index is 0.164. The first kappa shape index (κ1) is 23.5. The fourth-order valence-electron chi connectivity index (χ4n) is 3.37. The molecule has 0 aliphatic carbocycles. The van der Waals surface area contributed by atoms with Gasteiger partial charge in [-0.25, -0.2) is 0 Å². The molecule has 0 spiro atoms. The highest BCUT2D eigenvalue weighted by Gasteiger charge is 2.29. The van der Waals surface area contributed by atoms with Gasteiger partial charge in [-0.05, 0) is 90.0 Å². The Kier molecular flexibility index (Phi) is 7.49. The Balaban J connectivity index is 1.61. The standard InChI is InChI=1S/C26H22BrIN2O3/c1-3-32-24-14-19(23(27)15-25(24)33-16-18-9-11-20(28)12-10-18)13-22-17(2)29-30(26(22)31)21-7-5-4-6-8-21/h4-15H,3,16H2,1-2H3/b22-13+. The molecule has 1 amide bonds. The van der Waals surface area contributed by atoms with Gasteiger partial charge in [0, 0.05) is 8.04 Å². The SMILES string of the molecule is CCOc1cc(/C=C2/C(=O)N(c3ccccc3)N=C2C)c(Br)cc1OCc1ccc(I)cc1. The lowest BCUT2D eigenvalue weighted by atomic mass is 10.1. The number of nitrogens with zero attached hydrogens (tertiary/aromatic N) is 2. The lowest BCUT2D eigenvalue weighted by molar-refractivity contribution is -0.114. The van der Waals surface area contributed by atoms with Gasteiger partial charge in [0.2, 0.25) is 0 Å². The zero-order chi connectivity index (χ0) is 23.4. The van der Waals surface area contributed by atoms with Gasteiger partial charge in [-0.2, -0.15) is 10.1 Å². The molecule has 0 saturated heterocycles. The van der Waals surface area contributed by atoms with Crippen LogP contribution in [0.4, 0.5) is 5.69 Å². The Labute approximate surface area is 215 Å². The van der Waals surface area contributed by atoms with Gasteiger partial charge in [0.15, 0.2) is 11.5 Å². The van der Waals surface area contributed by atoms with Crippen molar-refractivity contribution in [1.82, 2.24) is 0 Å². The average molecular weight is 617 g/mol. The Morgan fingerprint density at radius 2 is 1.73 bits per heavy atom. The van der Waals surface area contributed by atoms with Crippen LogP contribution < -0.4 is 14.5 Å². The third kappa shape index (κ3) is 5.47. The van der Waals surface area contributed by atoms with Crippen molar-refractivity contribution in [3.63, 3.8) is 0 Å². The van der Waals surface area contributed by atoms with E-state index in [1.165, 1.54) is 8.58 Å². The second kappa shape index (κ2) is 10.5. The zero-order valence-electron chi connectivity index (χ0n) is 18.2. The van der Waals surface area contributed by atoms with Crippen LogP contribution in [0.1, 0.15) is 25.0 Å². The van der Waals surface area contributed by atoms with Gasteiger partial charge in [0.25, 0.3) is 5.91 Å². The highest BCUT2D eigenvalue weighted by molar-refractivity contribution is 14.1. The Bertz CT molecular complexity index is 1220. The molecule has 0 atom stereocenters. The van der Waals surface area contributed by atoms with Crippen molar-refractivity contribution >= 4 is 61.9 Å². The third-order valence-electron chi connectivity index (χ3n) is 5.03. The molecule has 0 radical (unpaired) electrons. The lowest BCUT2D eigenvalue weighted by Crippen LogP contribution is -2.21. The summed E-state index contributed by atoms with van der Waals surface area (Å²) in [4.78, 5) is 13.1. The first-order valence-corrected chi connectivity index (χ1v) is 12.3. The fourth-order valence-corrected chi connectivity index (χ4v) is 4.16. The summed E-state index contributed by atoms with van der Waals surface area (Å²) in [5, 5.41) is 5.88. The number of ether oxygens (including phenoxy) is 2. The van der Waals surface area contributed by atoms with Crippen molar-refractivity contribution in [3.8, 4) is 11.5 Å². The van der Waals surface area contributed by atoms with Crippen LogP contribution in [0.3, 0.4) is 0 Å². The van der Waals surface area contributed by atoms with Crippen LogP contribution in [0.25, 0.3) is 6.08 Å². The second-order valence-corrected chi connectivity index (χ2v) is 9.46. The molecule has 0 bridgehead atoms. The lowest BCUT2D eigenvalue weighted by Gasteiger charge is -2.15. The molecule has 3 aromatic carbocycles. The number of para-hydroxylation sites is 1. The minimum atomic E-state index is -0.164. The summed E-state index contributed by atoms with van der Waals surface area (Å²) < 4.78 is 13.9. The number of amides is 1. The number of carbonyl (C=O) groups excluding carboxylic acids is 1. The van der Waals surface area contributed by atoms with Crippen LogP contribution in [-0.4, -0.2) is 18.2 Å². The summed E-state index contributed by atoms with van der Waals surface area (Å²) in [6.07, 6.45) is 1.83. The molecule has 0 fully saturated rings. The van der Waals surface area contributed by atoms with E-state index in [1.807, 2.05) is 74.5 Å². The summed E-state index contributed by atoms with van der Waals surface area (Å²) in [7, 11) is 0. The molecule has 168 valence electrons. The van der Waals surface area contributed by atoms with Gasteiger partial charge in [-0.3, -0.25) is 4.79 Å². The molecule has 0 unspecified atom stereocenters. The van der Waals surface area contributed by atoms with Gasteiger partial charge in [0.05, 0.1) is 23.6 Å². The van der Waals surface area contributed by atoms with Gasteiger partial charge >= 0.3 is 0 Å².